The predicted octanol–water partition coefficient (Wildman–Crippen LogP) is 7.11. The van der Waals surface area contributed by atoms with Gasteiger partial charge < -0.3 is 10.6 Å². The highest BCUT2D eigenvalue weighted by molar-refractivity contribution is 6.07. The Labute approximate surface area is 192 Å². The van der Waals surface area contributed by atoms with Crippen molar-refractivity contribution in [2.24, 2.45) is 0 Å². The van der Waals surface area contributed by atoms with Crippen molar-refractivity contribution in [1.82, 2.24) is 0 Å². The topological polar surface area (TPSA) is 58.2 Å². The molecule has 0 aliphatic carbocycles. The Hall–Kier alpha value is -3.14. The van der Waals surface area contributed by atoms with Crippen LogP contribution in [0.15, 0.2) is 70.8 Å². The van der Waals surface area contributed by atoms with Crippen LogP contribution in [0.25, 0.3) is 0 Å². The van der Waals surface area contributed by atoms with Crippen LogP contribution in [0.5, 0.6) is 0 Å². The first-order chi connectivity index (χ1) is 15.3. The van der Waals surface area contributed by atoms with Gasteiger partial charge in [0.15, 0.2) is 0 Å². The van der Waals surface area contributed by atoms with E-state index in [-0.39, 0.29) is 11.8 Å². The first kappa shape index (κ1) is 25.1. The van der Waals surface area contributed by atoms with Gasteiger partial charge in [-0.15, -0.1) is 0 Å². The molecule has 0 fully saturated rings. The van der Waals surface area contributed by atoms with Crippen molar-refractivity contribution >= 4 is 23.2 Å². The van der Waals surface area contributed by atoms with E-state index in [2.05, 4.69) is 10.6 Å². The first-order valence-electron chi connectivity index (χ1n) is 11.5. The lowest BCUT2D eigenvalue weighted by Crippen LogP contribution is -2.19. The average Bonchev–Trinajstić information content (AvgIpc) is 2.79. The van der Waals surface area contributed by atoms with Gasteiger partial charge in [0.05, 0.1) is 0 Å². The number of benzene rings is 2. The molecule has 0 atom stereocenters. The summed E-state index contributed by atoms with van der Waals surface area (Å²) in [6.45, 7) is 12.1. The van der Waals surface area contributed by atoms with E-state index in [1.54, 1.807) is 0 Å². The third-order valence-electron chi connectivity index (χ3n) is 5.67. The van der Waals surface area contributed by atoms with Crippen molar-refractivity contribution in [3.05, 3.63) is 82.0 Å². The standard InChI is InChI=1S/C28H36N2O2/c1-7-23(25(9-3)27(31)29-21-15-11-19(5)12-16-21)24(8-2)26(10-4)28(32)30-22-17-13-20(6)14-18-22/h11-18H,7-10H2,1-6H3,(H,29,31)(H,30,32)/b25-23-,26-24-. The second-order valence-electron chi connectivity index (χ2n) is 7.97. The molecule has 32 heavy (non-hydrogen) atoms. The number of anilines is 2. The van der Waals surface area contributed by atoms with Crippen molar-refractivity contribution in [1.29, 1.82) is 0 Å². The Bertz CT molecular complexity index is 913. The molecule has 0 saturated heterocycles. The van der Waals surface area contributed by atoms with Crippen molar-refractivity contribution < 1.29 is 9.59 Å². The van der Waals surface area contributed by atoms with Gasteiger partial charge in [0.2, 0.25) is 0 Å². The van der Waals surface area contributed by atoms with Crippen LogP contribution in [0.2, 0.25) is 0 Å². The Balaban J connectivity index is 2.43. The molecule has 2 aromatic rings. The number of hydrogen-bond acceptors (Lipinski definition) is 2. The van der Waals surface area contributed by atoms with Gasteiger partial charge in [0.25, 0.3) is 11.8 Å². The summed E-state index contributed by atoms with van der Waals surface area (Å²) in [5.41, 5.74) is 7.25. The van der Waals surface area contributed by atoms with Gasteiger partial charge in [-0.1, -0.05) is 63.1 Å². The first-order valence-corrected chi connectivity index (χ1v) is 11.5. The number of rotatable bonds is 9. The Morgan fingerprint density at radius 2 is 0.812 bits per heavy atom. The molecule has 0 aliphatic heterocycles. The number of hydrogen-bond donors (Lipinski definition) is 2. The quantitative estimate of drug-likeness (QED) is 0.327. The lowest BCUT2D eigenvalue weighted by molar-refractivity contribution is -0.114. The molecular formula is C28H36N2O2. The van der Waals surface area contributed by atoms with Crippen molar-refractivity contribution in [2.75, 3.05) is 10.6 Å². The number of aryl methyl sites for hydroxylation is 2. The van der Waals surface area contributed by atoms with Crippen LogP contribution in [-0.2, 0) is 9.59 Å². The monoisotopic (exact) mass is 432 g/mol. The molecule has 4 heteroatoms. The summed E-state index contributed by atoms with van der Waals surface area (Å²) in [5.74, 6) is -0.206. The van der Waals surface area contributed by atoms with Crippen molar-refractivity contribution in [3.8, 4) is 0 Å². The van der Waals surface area contributed by atoms with E-state index in [1.165, 1.54) is 0 Å². The van der Waals surface area contributed by atoms with Gasteiger partial charge >= 0.3 is 0 Å². The van der Waals surface area contributed by atoms with Gasteiger partial charge in [-0.25, -0.2) is 0 Å². The minimum absolute atomic E-state index is 0.103. The van der Waals surface area contributed by atoms with Gasteiger partial charge in [-0.3, -0.25) is 9.59 Å². The van der Waals surface area contributed by atoms with Gasteiger partial charge in [0, 0.05) is 22.5 Å². The van der Waals surface area contributed by atoms with Gasteiger partial charge in [-0.2, -0.15) is 0 Å². The molecule has 0 heterocycles. The Morgan fingerprint density at radius 1 is 0.531 bits per heavy atom. The molecular weight excluding hydrogens is 396 g/mol. The third-order valence-corrected chi connectivity index (χ3v) is 5.67. The molecule has 0 unspecified atom stereocenters. The van der Waals surface area contributed by atoms with E-state index in [0.717, 1.165) is 44.8 Å². The molecule has 0 bridgehead atoms. The summed E-state index contributed by atoms with van der Waals surface area (Å²) in [4.78, 5) is 26.3. The zero-order valence-corrected chi connectivity index (χ0v) is 20.3. The molecule has 0 saturated carbocycles. The molecule has 0 aliphatic rings. The fourth-order valence-corrected chi connectivity index (χ4v) is 3.93. The molecule has 0 spiro atoms. The number of nitrogens with one attached hydrogen (secondary N) is 2. The molecule has 2 aromatic carbocycles. The maximum absolute atomic E-state index is 13.2. The molecule has 2 N–H and O–H groups in total. The molecule has 0 radical (unpaired) electrons. The second-order valence-corrected chi connectivity index (χ2v) is 7.97. The average molecular weight is 433 g/mol. The van der Waals surface area contributed by atoms with Crippen LogP contribution in [0.1, 0.15) is 64.5 Å². The lowest BCUT2D eigenvalue weighted by atomic mass is 9.88. The number of carbonyl (C=O) groups excluding carboxylic acids is 2. The van der Waals surface area contributed by atoms with Gasteiger partial charge in [0.1, 0.15) is 0 Å². The van der Waals surface area contributed by atoms with E-state index >= 15 is 0 Å². The Morgan fingerprint density at radius 3 is 1.06 bits per heavy atom. The van der Waals surface area contributed by atoms with Gasteiger partial charge in [-0.05, 0) is 74.9 Å². The SMILES string of the molecule is CC/C(C(=O)Nc1ccc(C)cc1)=C(CC)/C(CC)=C(/CC)C(=O)Nc1ccc(C)cc1. The molecule has 0 aromatic heterocycles. The summed E-state index contributed by atoms with van der Waals surface area (Å²) in [5, 5.41) is 6.05. The lowest BCUT2D eigenvalue weighted by Gasteiger charge is -2.19. The zero-order chi connectivity index (χ0) is 23.7. The van der Waals surface area contributed by atoms with Crippen LogP contribution in [-0.4, -0.2) is 11.8 Å². The summed E-state index contributed by atoms with van der Waals surface area (Å²) in [7, 11) is 0. The molecule has 170 valence electrons. The largest absolute Gasteiger partial charge is 0.322 e. The fourth-order valence-electron chi connectivity index (χ4n) is 3.93. The van der Waals surface area contributed by atoms with Crippen LogP contribution < -0.4 is 10.6 Å². The Kier molecular flexibility index (Phi) is 9.45. The summed E-state index contributed by atoms with van der Waals surface area (Å²) in [6, 6.07) is 15.6. The number of carbonyl (C=O) groups is 2. The minimum Gasteiger partial charge on any atom is -0.322 e. The minimum atomic E-state index is -0.103. The predicted molar refractivity (Wildman–Crippen MR) is 135 cm³/mol. The fraction of sp³-hybridized carbons (Fsp3) is 0.357. The number of amides is 2. The van der Waals surface area contributed by atoms with Crippen LogP contribution in [0, 0.1) is 13.8 Å². The molecule has 2 amide bonds. The van der Waals surface area contributed by atoms with Crippen LogP contribution in [0.4, 0.5) is 11.4 Å². The normalized spacial score (nSPS) is 12.6. The summed E-state index contributed by atoms with van der Waals surface area (Å²) in [6.07, 6.45) is 2.58. The summed E-state index contributed by atoms with van der Waals surface area (Å²) >= 11 is 0. The third kappa shape index (κ3) is 6.43. The molecule has 4 nitrogen and oxygen atoms in total. The van der Waals surface area contributed by atoms with E-state index < -0.39 is 0 Å². The summed E-state index contributed by atoms with van der Waals surface area (Å²) < 4.78 is 0. The van der Waals surface area contributed by atoms with Crippen LogP contribution in [0.3, 0.4) is 0 Å². The molecule has 2 rings (SSSR count). The van der Waals surface area contributed by atoms with E-state index in [9.17, 15) is 9.59 Å². The number of allylic oxidation sites excluding steroid dienone is 2. The van der Waals surface area contributed by atoms with Crippen molar-refractivity contribution in [2.45, 2.75) is 67.2 Å². The highest BCUT2D eigenvalue weighted by Crippen LogP contribution is 2.29. The van der Waals surface area contributed by atoms with E-state index in [1.807, 2.05) is 90.1 Å². The highest BCUT2D eigenvalue weighted by atomic mass is 16.2. The second kappa shape index (κ2) is 12.0. The maximum atomic E-state index is 13.2. The zero-order valence-electron chi connectivity index (χ0n) is 20.3. The maximum Gasteiger partial charge on any atom is 0.251 e. The highest BCUT2D eigenvalue weighted by Gasteiger charge is 2.21. The smallest absolute Gasteiger partial charge is 0.251 e. The van der Waals surface area contributed by atoms with E-state index in [4.69, 9.17) is 0 Å². The van der Waals surface area contributed by atoms with Crippen molar-refractivity contribution in [3.63, 3.8) is 0 Å². The van der Waals surface area contributed by atoms with E-state index in [0.29, 0.717) is 25.7 Å². The van der Waals surface area contributed by atoms with Crippen LogP contribution >= 0.6 is 0 Å².